The number of nitrogens with two attached hydrogens (primary N) is 1. The minimum Gasteiger partial charge on any atom is -0.493 e. The average molecular weight is 245 g/mol. The maximum atomic E-state index is 5.95. The maximum absolute atomic E-state index is 5.95. The van der Waals surface area contributed by atoms with Crippen LogP contribution in [-0.2, 0) is 16.6 Å². The Labute approximate surface area is 107 Å². The summed E-state index contributed by atoms with van der Waals surface area (Å²) in [6, 6.07) is 7.12. The van der Waals surface area contributed by atoms with Gasteiger partial charge in [-0.15, -0.1) is 0 Å². The molecule has 2 fully saturated rings. The number of hydrogen-bond acceptors (Lipinski definition) is 3. The van der Waals surface area contributed by atoms with Crippen molar-refractivity contribution in [2.24, 2.45) is 11.7 Å². The second kappa shape index (κ2) is 3.72. The second-order valence-corrected chi connectivity index (χ2v) is 6.00. The SMILES string of the molecule is NC1CC(C2(c3ccc4c(c3)CCO4)COC2)C1. The summed E-state index contributed by atoms with van der Waals surface area (Å²) < 4.78 is 11.1. The topological polar surface area (TPSA) is 44.5 Å². The Bertz CT molecular complexity index is 475. The minimum atomic E-state index is 0.244. The summed E-state index contributed by atoms with van der Waals surface area (Å²) in [6.45, 7) is 2.56. The minimum absolute atomic E-state index is 0.244. The zero-order valence-corrected chi connectivity index (χ0v) is 10.5. The molecule has 0 aromatic heterocycles. The van der Waals surface area contributed by atoms with Crippen molar-refractivity contribution in [1.29, 1.82) is 0 Å². The molecule has 1 aliphatic carbocycles. The molecule has 1 saturated heterocycles. The lowest BCUT2D eigenvalue weighted by Gasteiger charge is -2.53. The molecule has 3 heteroatoms. The number of fused-ring (bicyclic) bond motifs is 1. The van der Waals surface area contributed by atoms with Crippen LogP contribution < -0.4 is 10.5 Å². The summed E-state index contributed by atoms with van der Waals surface area (Å²) in [5.74, 6) is 1.78. The second-order valence-electron chi connectivity index (χ2n) is 6.00. The van der Waals surface area contributed by atoms with Crippen LogP contribution in [0.2, 0.25) is 0 Å². The molecular formula is C15H19NO2. The quantitative estimate of drug-likeness (QED) is 0.861. The van der Waals surface area contributed by atoms with E-state index in [-0.39, 0.29) is 5.41 Å². The van der Waals surface area contributed by atoms with Gasteiger partial charge in [0.1, 0.15) is 5.75 Å². The lowest BCUT2D eigenvalue weighted by molar-refractivity contribution is -0.111. The molecule has 1 aromatic carbocycles. The molecule has 4 rings (SSSR count). The van der Waals surface area contributed by atoms with Crippen LogP contribution in [0.3, 0.4) is 0 Å². The van der Waals surface area contributed by atoms with Gasteiger partial charge in [-0.2, -0.15) is 0 Å². The summed E-state index contributed by atoms with van der Waals surface area (Å²) >= 11 is 0. The van der Waals surface area contributed by atoms with Gasteiger partial charge in [-0.25, -0.2) is 0 Å². The fourth-order valence-corrected chi connectivity index (χ4v) is 3.57. The fraction of sp³-hybridized carbons (Fsp3) is 0.600. The smallest absolute Gasteiger partial charge is 0.122 e. The Morgan fingerprint density at radius 3 is 2.72 bits per heavy atom. The van der Waals surface area contributed by atoms with Gasteiger partial charge in [0.05, 0.1) is 19.8 Å². The average Bonchev–Trinajstić information content (AvgIpc) is 2.72. The third kappa shape index (κ3) is 1.38. The molecule has 0 unspecified atom stereocenters. The van der Waals surface area contributed by atoms with Crippen molar-refractivity contribution in [3.8, 4) is 5.75 Å². The van der Waals surface area contributed by atoms with E-state index in [1.165, 1.54) is 11.1 Å². The van der Waals surface area contributed by atoms with Gasteiger partial charge in [0.2, 0.25) is 0 Å². The molecule has 0 spiro atoms. The normalized spacial score (nSPS) is 32.1. The van der Waals surface area contributed by atoms with Crippen LogP contribution in [0.25, 0.3) is 0 Å². The summed E-state index contributed by atoms with van der Waals surface area (Å²) in [7, 11) is 0. The lowest BCUT2D eigenvalue weighted by Crippen LogP contribution is -2.58. The van der Waals surface area contributed by atoms with Gasteiger partial charge in [0.15, 0.2) is 0 Å². The van der Waals surface area contributed by atoms with Gasteiger partial charge in [-0.3, -0.25) is 0 Å². The van der Waals surface area contributed by atoms with E-state index in [4.69, 9.17) is 15.2 Å². The molecular weight excluding hydrogens is 226 g/mol. The first-order valence-electron chi connectivity index (χ1n) is 6.87. The number of hydrogen-bond donors (Lipinski definition) is 1. The van der Waals surface area contributed by atoms with Crippen molar-refractivity contribution in [3.05, 3.63) is 29.3 Å². The Balaban J connectivity index is 1.68. The molecule has 1 aromatic rings. The molecule has 0 radical (unpaired) electrons. The molecule has 0 amide bonds. The van der Waals surface area contributed by atoms with E-state index < -0.39 is 0 Å². The van der Waals surface area contributed by atoms with Crippen molar-refractivity contribution in [3.63, 3.8) is 0 Å². The molecule has 0 bridgehead atoms. The van der Waals surface area contributed by atoms with E-state index in [0.717, 1.165) is 44.8 Å². The number of benzene rings is 1. The van der Waals surface area contributed by atoms with Crippen LogP contribution in [0, 0.1) is 5.92 Å². The van der Waals surface area contributed by atoms with Crippen molar-refractivity contribution in [1.82, 2.24) is 0 Å². The molecule has 1 saturated carbocycles. The summed E-state index contributed by atoms with van der Waals surface area (Å²) in [4.78, 5) is 0. The van der Waals surface area contributed by atoms with Gasteiger partial charge in [-0.1, -0.05) is 12.1 Å². The van der Waals surface area contributed by atoms with Crippen molar-refractivity contribution < 1.29 is 9.47 Å². The maximum Gasteiger partial charge on any atom is 0.122 e. The molecule has 2 heterocycles. The van der Waals surface area contributed by atoms with E-state index in [1.807, 2.05) is 0 Å². The molecule has 2 N–H and O–H groups in total. The van der Waals surface area contributed by atoms with Gasteiger partial charge in [0.25, 0.3) is 0 Å². The van der Waals surface area contributed by atoms with Crippen molar-refractivity contribution in [2.45, 2.75) is 30.7 Å². The Morgan fingerprint density at radius 1 is 1.22 bits per heavy atom. The monoisotopic (exact) mass is 245 g/mol. The summed E-state index contributed by atoms with van der Waals surface area (Å²) in [6.07, 6.45) is 3.35. The van der Waals surface area contributed by atoms with Crippen LogP contribution in [0.1, 0.15) is 24.0 Å². The number of rotatable bonds is 2. The molecule has 0 atom stereocenters. The highest BCUT2D eigenvalue weighted by molar-refractivity contribution is 5.44. The van der Waals surface area contributed by atoms with Crippen molar-refractivity contribution >= 4 is 0 Å². The van der Waals surface area contributed by atoms with E-state index in [2.05, 4.69) is 18.2 Å². The van der Waals surface area contributed by atoms with Gasteiger partial charge >= 0.3 is 0 Å². The van der Waals surface area contributed by atoms with Gasteiger partial charge < -0.3 is 15.2 Å². The number of ether oxygens (including phenoxy) is 2. The summed E-state index contributed by atoms with van der Waals surface area (Å²) in [5.41, 5.74) is 9.00. The highest BCUT2D eigenvalue weighted by Crippen LogP contribution is 2.49. The highest BCUT2D eigenvalue weighted by atomic mass is 16.5. The molecule has 3 nitrogen and oxygen atoms in total. The third-order valence-electron chi connectivity index (χ3n) is 4.94. The zero-order valence-electron chi connectivity index (χ0n) is 10.5. The summed E-state index contributed by atoms with van der Waals surface area (Å²) in [5, 5.41) is 0. The Hall–Kier alpha value is -1.06. The lowest BCUT2D eigenvalue weighted by atomic mass is 9.59. The van der Waals surface area contributed by atoms with Crippen molar-refractivity contribution in [2.75, 3.05) is 19.8 Å². The van der Waals surface area contributed by atoms with Gasteiger partial charge in [-0.05, 0) is 36.0 Å². The fourth-order valence-electron chi connectivity index (χ4n) is 3.57. The van der Waals surface area contributed by atoms with Crippen LogP contribution in [0.15, 0.2) is 18.2 Å². The molecule has 96 valence electrons. The van der Waals surface area contributed by atoms with E-state index in [9.17, 15) is 0 Å². The standard InChI is InChI=1S/C15H19NO2/c16-13-6-12(7-13)15(8-17-9-15)11-1-2-14-10(5-11)3-4-18-14/h1-2,5,12-13H,3-4,6-9,16H2. The first-order chi connectivity index (χ1) is 8.78. The third-order valence-corrected chi connectivity index (χ3v) is 4.94. The predicted molar refractivity (Wildman–Crippen MR) is 68.8 cm³/mol. The Morgan fingerprint density at radius 2 is 2.06 bits per heavy atom. The molecule has 18 heavy (non-hydrogen) atoms. The van der Waals surface area contributed by atoms with Gasteiger partial charge in [0, 0.05) is 17.9 Å². The Kier molecular flexibility index (Phi) is 2.24. The van der Waals surface area contributed by atoms with E-state index in [0.29, 0.717) is 12.0 Å². The predicted octanol–water partition coefficient (Wildman–Crippen LogP) is 1.63. The van der Waals surface area contributed by atoms with Crippen LogP contribution in [0.4, 0.5) is 0 Å². The van der Waals surface area contributed by atoms with Crippen LogP contribution in [0.5, 0.6) is 5.75 Å². The largest absolute Gasteiger partial charge is 0.493 e. The van der Waals surface area contributed by atoms with Crippen LogP contribution in [-0.4, -0.2) is 25.9 Å². The highest BCUT2D eigenvalue weighted by Gasteiger charge is 2.51. The first-order valence-corrected chi connectivity index (χ1v) is 6.87. The van der Waals surface area contributed by atoms with Crippen LogP contribution >= 0.6 is 0 Å². The van der Waals surface area contributed by atoms with E-state index in [1.54, 1.807) is 0 Å². The molecule has 2 aliphatic heterocycles. The van der Waals surface area contributed by atoms with E-state index >= 15 is 0 Å². The molecule has 3 aliphatic rings. The first kappa shape index (κ1) is 10.8. The zero-order chi connectivity index (χ0) is 12.2.